The maximum Gasteiger partial charge on any atom is 0.302 e. The van der Waals surface area contributed by atoms with Gasteiger partial charge in [0.2, 0.25) is 0 Å². The molecule has 0 N–H and O–H groups in total. The second-order valence-electron chi connectivity index (χ2n) is 6.98. The Morgan fingerprint density at radius 3 is 2.04 bits per heavy atom. The highest BCUT2D eigenvalue weighted by molar-refractivity contribution is 5.65. The number of hydrogen-bond acceptors (Lipinski definition) is 6. The first-order valence-corrected chi connectivity index (χ1v) is 9.72. The normalized spacial score (nSPS) is 30.5. The number of esters is 1. The van der Waals surface area contributed by atoms with E-state index in [-0.39, 0.29) is 30.9 Å². The van der Waals surface area contributed by atoms with Gasteiger partial charge >= 0.3 is 5.97 Å². The number of carbonyl (C=O) groups is 1. The first-order chi connectivity index (χ1) is 11.9. The largest absolute Gasteiger partial charge is 0.463 e. The van der Waals surface area contributed by atoms with Crippen LogP contribution in [0, 0.1) is 0 Å². The standard InChI is InChI=1S/C19H34O6/c1-6-18(7-2)22-12-15(23-18)10-11-16-17(13-21-14(5)20)25-19(8-3,9-4)24-16/h15-17H,6-13H2,1-5H3. The number of hydrogen-bond donors (Lipinski definition) is 0. The molecule has 0 bridgehead atoms. The van der Waals surface area contributed by atoms with Crippen LogP contribution in [-0.4, -0.2) is 49.1 Å². The van der Waals surface area contributed by atoms with Gasteiger partial charge in [0.25, 0.3) is 0 Å². The van der Waals surface area contributed by atoms with Crippen LogP contribution in [0.2, 0.25) is 0 Å². The van der Waals surface area contributed by atoms with E-state index in [2.05, 4.69) is 27.7 Å². The lowest BCUT2D eigenvalue weighted by atomic mass is 10.1. The molecule has 146 valence electrons. The van der Waals surface area contributed by atoms with Gasteiger partial charge in [-0.15, -0.1) is 0 Å². The monoisotopic (exact) mass is 358 g/mol. The zero-order valence-corrected chi connectivity index (χ0v) is 16.3. The number of rotatable bonds is 9. The van der Waals surface area contributed by atoms with E-state index in [1.807, 2.05) is 0 Å². The van der Waals surface area contributed by atoms with E-state index in [1.165, 1.54) is 6.92 Å². The van der Waals surface area contributed by atoms with Crippen LogP contribution in [0.15, 0.2) is 0 Å². The highest BCUT2D eigenvalue weighted by Gasteiger charge is 2.46. The van der Waals surface area contributed by atoms with Crippen molar-refractivity contribution in [3.8, 4) is 0 Å². The van der Waals surface area contributed by atoms with Crippen LogP contribution in [0.1, 0.15) is 73.1 Å². The smallest absolute Gasteiger partial charge is 0.302 e. The zero-order valence-electron chi connectivity index (χ0n) is 16.3. The van der Waals surface area contributed by atoms with Gasteiger partial charge < -0.3 is 23.7 Å². The minimum Gasteiger partial charge on any atom is -0.463 e. The van der Waals surface area contributed by atoms with Gasteiger partial charge in [0.15, 0.2) is 11.6 Å². The molecule has 25 heavy (non-hydrogen) atoms. The molecule has 0 amide bonds. The fraction of sp³-hybridized carbons (Fsp3) is 0.947. The molecule has 2 saturated heterocycles. The minimum atomic E-state index is -0.570. The summed E-state index contributed by atoms with van der Waals surface area (Å²) in [6.07, 6.45) is 4.65. The Balaban J connectivity index is 1.92. The molecule has 6 nitrogen and oxygen atoms in total. The van der Waals surface area contributed by atoms with E-state index in [0.717, 1.165) is 38.5 Å². The van der Waals surface area contributed by atoms with Crippen molar-refractivity contribution in [2.24, 2.45) is 0 Å². The van der Waals surface area contributed by atoms with Gasteiger partial charge in [-0.3, -0.25) is 4.79 Å². The van der Waals surface area contributed by atoms with Crippen LogP contribution < -0.4 is 0 Å². The maximum absolute atomic E-state index is 11.2. The van der Waals surface area contributed by atoms with Crippen molar-refractivity contribution in [1.29, 1.82) is 0 Å². The SMILES string of the molecule is CCC1(CC)OCC(CCC2OC(CC)(CC)OC2COC(C)=O)O1. The van der Waals surface area contributed by atoms with Crippen LogP contribution in [-0.2, 0) is 28.5 Å². The van der Waals surface area contributed by atoms with Gasteiger partial charge in [-0.25, -0.2) is 0 Å². The summed E-state index contributed by atoms with van der Waals surface area (Å²) in [5, 5.41) is 0. The predicted molar refractivity (Wildman–Crippen MR) is 93.1 cm³/mol. The third-order valence-corrected chi connectivity index (χ3v) is 5.44. The predicted octanol–water partition coefficient (Wildman–Crippen LogP) is 3.56. The molecule has 3 unspecified atom stereocenters. The molecular weight excluding hydrogens is 324 g/mol. The molecule has 0 saturated carbocycles. The maximum atomic E-state index is 11.2. The Labute approximate surface area is 151 Å². The van der Waals surface area contributed by atoms with Crippen molar-refractivity contribution in [2.75, 3.05) is 13.2 Å². The first-order valence-electron chi connectivity index (χ1n) is 9.72. The van der Waals surface area contributed by atoms with Crippen molar-refractivity contribution in [3.05, 3.63) is 0 Å². The molecule has 0 aromatic rings. The van der Waals surface area contributed by atoms with Gasteiger partial charge in [-0.2, -0.15) is 0 Å². The topological polar surface area (TPSA) is 63.2 Å². The summed E-state index contributed by atoms with van der Waals surface area (Å²) in [5.74, 6) is -1.29. The molecular formula is C19H34O6. The lowest BCUT2D eigenvalue weighted by Crippen LogP contribution is -2.31. The van der Waals surface area contributed by atoms with Crippen LogP contribution in [0.5, 0.6) is 0 Å². The van der Waals surface area contributed by atoms with Crippen LogP contribution in [0.3, 0.4) is 0 Å². The van der Waals surface area contributed by atoms with Gasteiger partial charge in [0.1, 0.15) is 12.7 Å². The van der Waals surface area contributed by atoms with E-state index in [0.29, 0.717) is 6.61 Å². The third-order valence-electron chi connectivity index (χ3n) is 5.44. The van der Waals surface area contributed by atoms with Crippen LogP contribution in [0.4, 0.5) is 0 Å². The lowest BCUT2D eigenvalue weighted by molar-refractivity contribution is -0.185. The number of ether oxygens (including phenoxy) is 5. The van der Waals surface area contributed by atoms with Crippen molar-refractivity contribution in [2.45, 2.75) is 103 Å². The summed E-state index contributed by atoms with van der Waals surface area (Å²) in [6, 6.07) is 0. The summed E-state index contributed by atoms with van der Waals surface area (Å²) in [7, 11) is 0. The first kappa shape index (κ1) is 20.6. The third kappa shape index (κ3) is 4.94. The Bertz CT molecular complexity index is 430. The highest BCUT2D eigenvalue weighted by atomic mass is 16.8. The fourth-order valence-electron chi connectivity index (χ4n) is 3.63. The molecule has 2 rings (SSSR count). The van der Waals surface area contributed by atoms with E-state index in [9.17, 15) is 4.79 Å². The fourth-order valence-corrected chi connectivity index (χ4v) is 3.63. The molecule has 0 radical (unpaired) electrons. The molecule has 0 aromatic heterocycles. The molecule has 0 aromatic carbocycles. The average Bonchev–Trinajstić information content (AvgIpc) is 3.20. The zero-order chi connectivity index (χ0) is 18.5. The number of carbonyl (C=O) groups excluding carboxylic acids is 1. The van der Waals surface area contributed by atoms with Gasteiger partial charge in [0.05, 0.1) is 18.8 Å². The Kier molecular flexibility index (Phi) is 7.26. The van der Waals surface area contributed by atoms with Crippen molar-refractivity contribution in [3.63, 3.8) is 0 Å². The minimum absolute atomic E-state index is 0.0797. The molecule has 2 fully saturated rings. The van der Waals surface area contributed by atoms with Crippen molar-refractivity contribution in [1.82, 2.24) is 0 Å². The summed E-state index contributed by atoms with van der Waals surface area (Å²) in [5.41, 5.74) is 0. The van der Waals surface area contributed by atoms with Crippen LogP contribution in [0.25, 0.3) is 0 Å². The Hall–Kier alpha value is -0.690. The van der Waals surface area contributed by atoms with Gasteiger partial charge in [0, 0.05) is 6.92 Å². The van der Waals surface area contributed by atoms with E-state index < -0.39 is 11.6 Å². The van der Waals surface area contributed by atoms with Crippen LogP contribution >= 0.6 is 0 Å². The molecule has 0 spiro atoms. The summed E-state index contributed by atoms with van der Waals surface area (Å²) < 4.78 is 29.6. The van der Waals surface area contributed by atoms with Gasteiger partial charge in [-0.05, 0) is 38.5 Å². The van der Waals surface area contributed by atoms with Crippen molar-refractivity contribution < 1.29 is 28.5 Å². The lowest BCUT2D eigenvalue weighted by Gasteiger charge is -2.26. The summed E-state index contributed by atoms with van der Waals surface area (Å²) in [6.45, 7) is 10.6. The van der Waals surface area contributed by atoms with E-state index in [4.69, 9.17) is 23.7 Å². The summed E-state index contributed by atoms with van der Waals surface area (Å²) >= 11 is 0. The van der Waals surface area contributed by atoms with E-state index >= 15 is 0 Å². The Morgan fingerprint density at radius 2 is 1.52 bits per heavy atom. The second kappa shape index (κ2) is 8.80. The molecule has 2 aliphatic rings. The molecule has 0 aliphatic carbocycles. The van der Waals surface area contributed by atoms with Crippen molar-refractivity contribution >= 4 is 5.97 Å². The quantitative estimate of drug-likeness (QED) is 0.587. The molecule has 2 heterocycles. The van der Waals surface area contributed by atoms with E-state index in [1.54, 1.807) is 0 Å². The highest BCUT2D eigenvalue weighted by Crippen LogP contribution is 2.38. The second-order valence-corrected chi connectivity index (χ2v) is 6.98. The molecule has 6 heteroatoms. The van der Waals surface area contributed by atoms with Gasteiger partial charge in [-0.1, -0.05) is 27.7 Å². The summed E-state index contributed by atoms with van der Waals surface area (Å²) in [4.78, 5) is 11.2. The average molecular weight is 358 g/mol. The Morgan fingerprint density at radius 1 is 0.920 bits per heavy atom. The molecule has 3 atom stereocenters. The molecule has 2 aliphatic heterocycles.